The maximum Gasteiger partial charge on any atom is 0.335 e. The highest BCUT2D eigenvalue weighted by molar-refractivity contribution is 9.10. The van der Waals surface area contributed by atoms with Crippen LogP contribution in [0.15, 0.2) is 21.7 Å². The molecule has 0 saturated carbocycles. The minimum atomic E-state index is -1.10. The van der Waals surface area contributed by atoms with Gasteiger partial charge in [-0.1, -0.05) is 32.6 Å². The first kappa shape index (κ1) is 10.8. The van der Waals surface area contributed by atoms with E-state index in [1.54, 1.807) is 0 Å². The molecule has 0 aliphatic rings. The van der Waals surface area contributed by atoms with Gasteiger partial charge in [0.15, 0.2) is 0 Å². The summed E-state index contributed by atoms with van der Waals surface area (Å²) in [5, 5.41) is 12.1. The molecular weight excluding hydrogens is 273 g/mol. The Bertz CT molecular complexity index is 420. The quantitative estimate of drug-likeness (QED) is 0.506. The number of hydrogen-bond donors (Lipinski definition) is 1. The summed E-state index contributed by atoms with van der Waals surface area (Å²) in [4.78, 5) is 13.2. The van der Waals surface area contributed by atoms with Crippen molar-refractivity contribution in [1.29, 1.82) is 0 Å². The Morgan fingerprint density at radius 1 is 1.64 bits per heavy atom. The van der Waals surface area contributed by atoms with Gasteiger partial charge in [-0.2, -0.15) is 0 Å². The van der Waals surface area contributed by atoms with Crippen molar-refractivity contribution in [2.75, 3.05) is 0 Å². The lowest BCUT2D eigenvalue weighted by atomic mass is 10.2. The standard InChI is InChI=1S/C7H3BrClN3O2/c8-4-1-3(7(13)14)2-5(9)6(4)11-12-10/h1-2H,(H,13,14). The second-order valence-electron chi connectivity index (χ2n) is 2.28. The Labute approximate surface area is 92.1 Å². The Balaban J connectivity index is 3.39. The van der Waals surface area contributed by atoms with E-state index < -0.39 is 5.97 Å². The summed E-state index contributed by atoms with van der Waals surface area (Å²) < 4.78 is 0.347. The van der Waals surface area contributed by atoms with Gasteiger partial charge in [0.2, 0.25) is 0 Å². The van der Waals surface area contributed by atoms with Gasteiger partial charge in [-0.3, -0.25) is 0 Å². The van der Waals surface area contributed by atoms with Crippen LogP contribution in [-0.4, -0.2) is 11.1 Å². The van der Waals surface area contributed by atoms with E-state index in [2.05, 4.69) is 26.0 Å². The normalized spacial score (nSPS) is 9.29. The number of benzene rings is 1. The average molecular weight is 276 g/mol. The predicted octanol–water partition coefficient (Wildman–Crippen LogP) is 3.74. The van der Waals surface area contributed by atoms with E-state index in [-0.39, 0.29) is 16.3 Å². The number of hydrogen-bond acceptors (Lipinski definition) is 2. The van der Waals surface area contributed by atoms with Crippen molar-refractivity contribution in [3.63, 3.8) is 0 Å². The fourth-order valence-electron chi connectivity index (χ4n) is 0.829. The zero-order valence-electron chi connectivity index (χ0n) is 6.61. The molecule has 0 fully saturated rings. The molecular formula is C7H3BrClN3O2. The van der Waals surface area contributed by atoms with E-state index in [0.717, 1.165) is 0 Å². The number of azide groups is 1. The first-order valence-corrected chi connectivity index (χ1v) is 4.50. The lowest BCUT2D eigenvalue weighted by Crippen LogP contribution is -1.95. The topological polar surface area (TPSA) is 86.1 Å². The van der Waals surface area contributed by atoms with E-state index in [1.165, 1.54) is 12.1 Å². The van der Waals surface area contributed by atoms with Crippen LogP contribution in [0.3, 0.4) is 0 Å². The number of aromatic carboxylic acids is 1. The van der Waals surface area contributed by atoms with Crippen LogP contribution < -0.4 is 0 Å². The molecule has 0 aromatic heterocycles. The smallest absolute Gasteiger partial charge is 0.335 e. The maximum atomic E-state index is 10.6. The van der Waals surface area contributed by atoms with Gasteiger partial charge in [0.25, 0.3) is 0 Å². The summed E-state index contributed by atoms with van der Waals surface area (Å²) in [7, 11) is 0. The van der Waals surface area contributed by atoms with Crippen LogP contribution >= 0.6 is 27.5 Å². The molecule has 72 valence electrons. The lowest BCUT2D eigenvalue weighted by Gasteiger charge is -2.02. The number of rotatable bonds is 2. The molecule has 0 bridgehead atoms. The summed E-state index contributed by atoms with van der Waals surface area (Å²) in [5.41, 5.74) is 8.42. The molecule has 1 aromatic carbocycles. The van der Waals surface area contributed by atoms with Crippen molar-refractivity contribution in [3.05, 3.63) is 37.6 Å². The van der Waals surface area contributed by atoms with E-state index in [0.29, 0.717) is 4.47 Å². The fourth-order valence-corrected chi connectivity index (χ4v) is 1.74. The van der Waals surface area contributed by atoms with E-state index >= 15 is 0 Å². The molecule has 0 radical (unpaired) electrons. The molecule has 0 amide bonds. The molecule has 14 heavy (non-hydrogen) atoms. The fraction of sp³-hybridized carbons (Fsp3) is 0. The van der Waals surface area contributed by atoms with Crippen LogP contribution in [0.5, 0.6) is 0 Å². The summed E-state index contributed by atoms with van der Waals surface area (Å²) in [6.07, 6.45) is 0. The van der Waals surface area contributed by atoms with Crippen LogP contribution in [-0.2, 0) is 0 Å². The highest BCUT2D eigenvalue weighted by Crippen LogP contribution is 2.34. The van der Waals surface area contributed by atoms with Crippen LogP contribution in [0.25, 0.3) is 10.4 Å². The molecule has 0 heterocycles. The third kappa shape index (κ3) is 2.17. The van der Waals surface area contributed by atoms with Crippen molar-refractivity contribution >= 4 is 39.2 Å². The summed E-state index contributed by atoms with van der Waals surface area (Å²) in [5.74, 6) is -1.10. The van der Waals surface area contributed by atoms with Gasteiger partial charge in [-0.25, -0.2) is 4.79 Å². The van der Waals surface area contributed by atoms with Crippen LogP contribution in [0.4, 0.5) is 5.69 Å². The largest absolute Gasteiger partial charge is 0.478 e. The van der Waals surface area contributed by atoms with Gasteiger partial charge in [0.05, 0.1) is 16.3 Å². The molecule has 7 heteroatoms. The Hall–Kier alpha value is -1.23. The van der Waals surface area contributed by atoms with Crippen molar-refractivity contribution in [2.45, 2.75) is 0 Å². The summed E-state index contributed by atoms with van der Waals surface area (Å²) in [6.45, 7) is 0. The Kier molecular flexibility index (Phi) is 3.35. The Morgan fingerprint density at radius 2 is 2.29 bits per heavy atom. The lowest BCUT2D eigenvalue weighted by molar-refractivity contribution is 0.0697. The zero-order valence-corrected chi connectivity index (χ0v) is 8.95. The first-order chi connectivity index (χ1) is 6.56. The molecule has 1 rings (SSSR count). The second-order valence-corrected chi connectivity index (χ2v) is 3.54. The minimum absolute atomic E-state index is 0.0266. The molecule has 0 aliphatic carbocycles. The molecule has 0 unspecified atom stereocenters. The average Bonchev–Trinajstić information content (AvgIpc) is 2.10. The van der Waals surface area contributed by atoms with E-state index in [9.17, 15) is 4.79 Å². The summed E-state index contributed by atoms with van der Waals surface area (Å²) in [6, 6.07) is 2.54. The van der Waals surface area contributed by atoms with Crippen LogP contribution in [0, 0.1) is 0 Å². The molecule has 5 nitrogen and oxygen atoms in total. The van der Waals surface area contributed by atoms with Gasteiger partial charge in [0.1, 0.15) is 0 Å². The second kappa shape index (κ2) is 4.32. The molecule has 0 spiro atoms. The SMILES string of the molecule is [N-]=[N+]=Nc1c(Cl)cc(C(=O)O)cc1Br. The maximum absolute atomic E-state index is 10.6. The molecule has 1 N–H and O–H groups in total. The molecule has 0 saturated heterocycles. The predicted molar refractivity (Wildman–Crippen MR) is 54.9 cm³/mol. The number of carboxylic acid groups (broad SMARTS) is 1. The Morgan fingerprint density at radius 3 is 2.71 bits per heavy atom. The van der Waals surface area contributed by atoms with Gasteiger partial charge in [-0.15, -0.1) is 0 Å². The van der Waals surface area contributed by atoms with Gasteiger partial charge < -0.3 is 5.11 Å². The number of carboxylic acids is 1. The molecule has 0 aliphatic heterocycles. The highest BCUT2D eigenvalue weighted by atomic mass is 79.9. The molecule has 0 atom stereocenters. The summed E-state index contributed by atoms with van der Waals surface area (Å²) >= 11 is 8.75. The van der Waals surface area contributed by atoms with Crippen LogP contribution in [0.1, 0.15) is 10.4 Å². The first-order valence-electron chi connectivity index (χ1n) is 3.33. The number of carbonyl (C=O) groups is 1. The molecule has 1 aromatic rings. The van der Waals surface area contributed by atoms with Gasteiger partial charge in [0, 0.05) is 9.38 Å². The van der Waals surface area contributed by atoms with E-state index in [1.807, 2.05) is 0 Å². The van der Waals surface area contributed by atoms with Crippen LogP contribution in [0.2, 0.25) is 5.02 Å². The van der Waals surface area contributed by atoms with Crippen molar-refractivity contribution in [2.24, 2.45) is 5.11 Å². The van der Waals surface area contributed by atoms with E-state index in [4.69, 9.17) is 22.2 Å². The number of halogens is 2. The third-order valence-corrected chi connectivity index (χ3v) is 2.30. The van der Waals surface area contributed by atoms with Crippen molar-refractivity contribution < 1.29 is 9.90 Å². The van der Waals surface area contributed by atoms with Gasteiger partial charge in [-0.05, 0) is 17.7 Å². The van der Waals surface area contributed by atoms with Crippen molar-refractivity contribution in [3.8, 4) is 0 Å². The van der Waals surface area contributed by atoms with Gasteiger partial charge >= 0.3 is 5.97 Å². The monoisotopic (exact) mass is 275 g/mol. The van der Waals surface area contributed by atoms with Crippen molar-refractivity contribution in [1.82, 2.24) is 0 Å². The number of nitrogens with zero attached hydrogens (tertiary/aromatic N) is 3. The third-order valence-electron chi connectivity index (χ3n) is 1.41. The highest BCUT2D eigenvalue weighted by Gasteiger charge is 2.10. The zero-order chi connectivity index (χ0) is 10.7. The minimum Gasteiger partial charge on any atom is -0.478 e.